The van der Waals surface area contributed by atoms with Gasteiger partial charge in [-0.15, -0.1) is 0 Å². The molecule has 6 nitrogen and oxygen atoms in total. The molecule has 0 aliphatic heterocycles. The second-order valence-corrected chi connectivity index (χ2v) is 7.91. The van der Waals surface area contributed by atoms with E-state index in [1.165, 1.54) is 19.2 Å². The molecule has 0 radical (unpaired) electrons. The Hall–Kier alpha value is -3.03. The third kappa shape index (κ3) is 4.62. The first-order valence-corrected chi connectivity index (χ1v) is 10.1. The quantitative estimate of drug-likeness (QED) is 0.623. The van der Waals surface area contributed by atoms with Crippen LogP contribution in [0, 0.1) is 0 Å². The van der Waals surface area contributed by atoms with E-state index in [0.717, 1.165) is 0 Å². The molecular weight excluding hydrogens is 400 g/mol. The highest BCUT2D eigenvalue weighted by molar-refractivity contribution is 7.92. The molecule has 0 saturated heterocycles. The minimum Gasteiger partial charge on any atom is -0.497 e. The topological polar surface area (TPSA) is 84.5 Å². The van der Waals surface area contributed by atoms with Crippen molar-refractivity contribution in [2.24, 2.45) is 0 Å². The van der Waals surface area contributed by atoms with Crippen LogP contribution in [0.25, 0.3) is 0 Å². The lowest BCUT2D eigenvalue weighted by atomic mass is 10.2. The van der Waals surface area contributed by atoms with Gasteiger partial charge in [0.1, 0.15) is 5.75 Å². The van der Waals surface area contributed by atoms with Gasteiger partial charge in [-0.3, -0.25) is 9.52 Å². The lowest BCUT2D eigenvalue weighted by Gasteiger charge is -2.14. The third-order valence-corrected chi connectivity index (χ3v) is 5.53. The first-order valence-electron chi connectivity index (χ1n) is 8.22. The van der Waals surface area contributed by atoms with E-state index < -0.39 is 10.0 Å². The molecular formula is C20H17ClN2O4S. The first-order chi connectivity index (χ1) is 13.4. The number of para-hydroxylation sites is 2. The van der Waals surface area contributed by atoms with Crippen molar-refractivity contribution in [2.75, 3.05) is 17.1 Å². The van der Waals surface area contributed by atoms with Gasteiger partial charge in [-0.25, -0.2) is 8.42 Å². The normalized spacial score (nSPS) is 10.9. The molecule has 0 aromatic heterocycles. The average Bonchev–Trinajstić information content (AvgIpc) is 2.70. The number of methoxy groups -OCH3 is 1. The van der Waals surface area contributed by atoms with Crippen molar-refractivity contribution < 1.29 is 17.9 Å². The number of sulfonamides is 1. The summed E-state index contributed by atoms with van der Waals surface area (Å²) in [7, 11) is -2.34. The van der Waals surface area contributed by atoms with E-state index in [0.29, 0.717) is 22.0 Å². The number of anilines is 2. The van der Waals surface area contributed by atoms with Gasteiger partial charge >= 0.3 is 0 Å². The Morgan fingerprint density at radius 2 is 1.50 bits per heavy atom. The second-order valence-electron chi connectivity index (χ2n) is 5.79. The predicted octanol–water partition coefficient (Wildman–Crippen LogP) is 4.40. The molecule has 8 heteroatoms. The molecule has 28 heavy (non-hydrogen) atoms. The second kappa shape index (κ2) is 8.33. The Morgan fingerprint density at radius 1 is 0.893 bits per heavy atom. The molecule has 0 fully saturated rings. The van der Waals surface area contributed by atoms with Crippen molar-refractivity contribution in [3.05, 3.63) is 83.4 Å². The molecule has 0 atom stereocenters. The lowest BCUT2D eigenvalue weighted by Crippen LogP contribution is -2.17. The van der Waals surface area contributed by atoms with Crippen LogP contribution in [0.1, 0.15) is 10.4 Å². The minimum atomic E-state index is -3.84. The summed E-state index contributed by atoms with van der Waals surface area (Å²) in [6.07, 6.45) is 0. The van der Waals surface area contributed by atoms with Crippen molar-refractivity contribution in [1.29, 1.82) is 0 Å². The van der Waals surface area contributed by atoms with Crippen LogP contribution in [0.5, 0.6) is 5.75 Å². The zero-order valence-electron chi connectivity index (χ0n) is 14.8. The minimum absolute atomic E-state index is 0.0760. The van der Waals surface area contributed by atoms with E-state index in [-0.39, 0.29) is 16.5 Å². The number of carbonyl (C=O) groups excluding carboxylic acids is 1. The third-order valence-electron chi connectivity index (χ3n) is 3.90. The van der Waals surface area contributed by atoms with Crippen LogP contribution in [0.3, 0.4) is 0 Å². The highest BCUT2D eigenvalue weighted by Gasteiger charge is 2.17. The lowest BCUT2D eigenvalue weighted by molar-refractivity contribution is 0.102. The van der Waals surface area contributed by atoms with E-state index in [4.69, 9.17) is 16.3 Å². The maximum absolute atomic E-state index is 12.7. The summed E-state index contributed by atoms with van der Waals surface area (Å²) in [5.41, 5.74) is 0.984. The van der Waals surface area contributed by atoms with E-state index >= 15 is 0 Å². The van der Waals surface area contributed by atoms with Gasteiger partial charge in [0.15, 0.2) is 0 Å². The summed E-state index contributed by atoms with van der Waals surface area (Å²) in [6, 6.07) is 18.9. The Kier molecular flexibility index (Phi) is 5.87. The van der Waals surface area contributed by atoms with E-state index in [1.54, 1.807) is 60.7 Å². The van der Waals surface area contributed by atoms with Gasteiger partial charge in [-0.2, -0.15) is 0 Å². The standard InChI is InChI=1S/C20H17ClN2O4S/c1-27-16-10-12-17(13-11-16)28(25,26)23-19-5-3-2-4-18(19)22-20(24)14-6-8-15(21)9-7-14/h2-13,23H,1H3,(H,22,24). The molecule has 0 spiro atoms. The van der Waals surface area contributed by atoms with Gasteiger partial charge in [0, 0.05) is 10.6 Å². The van der Waals surface area contributed by atoms with Crippen LogP contribution >= 0.6 is 11.6 Å². The summed E-state index contributed by atoms with van der Waals surface area (Å²) >= 11 is 5.84. The number of hydrogen-bond acceptors (Lipinski definition) is 4. The molecule has 0 unspecified atom stereocenters. The van der Waals surface area contributed by atoms with Crippen LogP contribution in [0.15, 0.2) is 77.7 Å². The first kappa shape index (κ1) is 19.7. The summed E-state index contributed by atoms with van der Waals surface area (Å²) in [5, 5.41) is 3.23. The summed E-state index contributed by atoms with van der Waals surface area (Å²) < 4.78 is 32.9. The Morgan fingerprint density at radius 3 is 2.11 bits per heavy atom. The number of carbonyl (C=O) groups is 1. The number of halogens is 1. The van der Waals surface area contributed by atoms with Gasteiger partial charge in [0.25, 0.3) is 15.9 Å². The molecule has 1 amide bonds. The predicted molar refractivity (Wildman–Crippen MR) is 110 cm³/mol. The largest absolute Gasteiger partial charge is 0.497 e. The summed E-state index contributed by atoms with van der Waals surface area (Å²) in [5.74, 6) is 0.169. The number of amides is 1. The number of benzene rings is 3. The van der Waals surface area contributed by atoms with E-state index in [2.05, 4.69) is 10.0 Å². The number of nitrogens with one attached hydrogen (secondary N) is 2. The van der Waals surface area contributed by atoms with Crippen LogP contribution < -0.4 is 14.8 Å². The number of ether oxygens (including phenoxy) is 1. The molecule has 0 aliphatic rings. The van der Waals surface area contributed by atoms with Gasteiger partial charge < -0.3 is 10.1 Å². The molecule has 0 heterocycles. The van der Waals surface area contributed by atoms with Gasteiger partial charge in [-0.1, -0.05) is 23.7 Å². The highest BCUT2D eigenvalue weighted by atomic mass is 35.5. The van der Waals surface area contributed by atoms with Crippen molar-refractivity contribution >= 4 is 38.9 Å². The fraction of sp³-hybridized carbons (Fsp3) is 0.0500. The molecule has 0 bridgehead atoms. The number of hydrogen-bond donors (Lipinski definition) is 2. The molecule has 3 aromatic carbocycles. The molecule has 2 N–H and O–H groups in total. The van der Waals surface area contributed by atoms with Crippen LogP contribution in [-0.4, -0.2) is 21.4 Å². The summed E-state index contributed by atoms with van der Waals surface area (Å²) in [4.78, 5) is 12.5. The monoisotopic (exact) mass is 416 g/mol. The molecule has 0 saturated carbocycles. The Bertz CT molecular complexity index is 1080. The fourth-order valence-electron chi connectivity index (χ4n) is 2.44. The highest BCUT2D eigenvalue weighted by Crippen LogP contribution is 2.26. The van der Waals surface area contributed by atoms with E-state index in [9.17, 15) is 13.2 Å². The molecule has 3 aromatic rings. The van der Waals surface area contributed by atoms with Crippen molar-refractivity contribution in [1.82, 2.24) is 0 Å². The van der Waals surface area contributed by atoms with Crippen molar-refractivity contribution in [3.8, 4) is 5.75 Å². The summed E-state index contributed by atoms with van der Waals surface area (Å²) in [6.45, 7) is 0. The van der Waals surface area contributed by atoms with Crippen molar-refractivity contribution in [2.45, 2.75) is 4.90 Å². The van der Waals surface area contributed by atoms with E-state index in [1.807, 2.05) is 0 Å². The average molecular weight is 417 g/mol. The van der Waals surface area contributed by atoms with Crippen molar-refractivity contribution in [3.63, 3.8) is 0 Å². The Labute approximate surface area is 168 Å². The SMILES string of the molecule is COc1ccc(S(=O)(=O)Nc2ccccc2NC(=O)c2ccc(Cl)cc2)cc1. The smallest absolute Gasteiger partial charge is 0.261 e. The molecule has 3 rings (SSSR count). The van der Waals surface area contributed by atoms with Gasteiger partial charge in [0.2, 0.25) is 0 Å². The molecule has 0 aliphatic carbocycles. The van der Waals surface area contributed by atoms with Gasteiger partial charge in [-0.05, 0) is 60.7 Å². The van der Waals surface area contributed by atoms with Crippen LogP contribution in [0.2, 0.25) is 5.02 Å². The van der Waals surface area contributed by atoms with Gasteiger partial charge in [0.05, 0.1) is 23.4 Å². The Balaban J connectivity index is 1.83. The maximum Gasteiger partial charge on any atom is 0.261 e. The fourth-order valence-corrected chi connectivity index (χ4v) is 3.64. The van der Waals surface area contributed by atoms with Crippen LogP contribution in [0.4, 0.5) is 11.4 Å². The zero-order valence-corrected chi connectivity index (χ0v) is 16.4. The number of rotatable bonds is 6. The maximum atomic E-state index is 12.7. The molecule has 144 valence electrons. The van der Waals surface area contributed by atoms with Crippen LogP contribution in [-0.2, 0) is 10.0 Å². The zero-order chi connectivity index (χ0) is 20.1.